The highest BCUT2D eigenvalue weighted by molar-refractivity contribution is 5.48. The lowest BCUT2D eigenvalue weighted by molar-refractivity contribution is 0.454. The number of nitrogens with one attached hydrogen (secondary N) is 2. The van der Waals surface area contributed by atoms with E-state index in [1.54, 1.807) is 24.8 Å². The molecule has 1 fully saturated rings. The molecule has 2 aromatic heterocycles. The second-order valence-electron chi connectivity index (χ2n) is 4.59. The maximum absolute atomic E-state index is 4.49. The van der Waals surface area contributed by atoms with Crippen LogP contribution in [-0.4, -0.2) is 33.0 Å². The smallest absolute Gasteiger partial charge is 0.150 e. The summed E-state index contributed by atoms with van der Waals surface area (Å²) in [5, 5.41) is 6.46. The highest BCUT2D eigenvalue weighted by atomic mass is 15.1. The van der Waals surface area contributed by atoms with Crippen molar-refractivity contribution in [1.82, 2.24) is 25.3 Å². The molecule has 3 rings (SSSR count). The summed E-state index contributed by atoms with van der Waals surface area (Å²) in [4.78, 5) is 17.0. The second kappa shape index (κ2) is 5.71. The lowest BCUT2D eigenvalue weighted by Gasteiger charge is -2.21. The molecule has 0 bridgehead atoms. The van der Waals surface area contributed by atoms with E-state index < -0.39 is 0 Å². The third-order valence-electron chi connectivity index (χ3n) is 3.21. The van der Waals surface area contributed by atoms with Crippen molar-refractivity contribution in [2.24, 2.45) is 0 Å². The molecule has 0 amide bonds. The Bertz CT molecular complexity index is 506. The van der Waals surface area contributed by atoms with Gasteiger partial charge in [-0.15, -0.1) is 0 Å². The summed E-state index contributed by atoms with van der Waals surface area (Å²) in [6.45, 7) is 2.10. The first-order valence-corrected chi connectivity index (χ1v) is 6.47. The van der Waals surface area contributed by atoms with Crippen LogP contribution in [0.2, 0.25) is 0 Å². The lowest BCUT2D eigenvalue weighted by atomic mass is 9.97. The van der Waals surface area contributed by atoms with E-state index in [0.29, 0.717) is 17.6 Å². The van der Waals surface area contributed by atoms with Gasteiger partial charge in [-0.3, -0.25) is 9.97 Å². The van der Waals surface area contributed by atoms with E-state index in [1.165, 1.54) is 12.8 Å². The number of anilines is 2. The van der Waals surface area contributed by atoms with Crippen LogP contribution in [-0.2, 0) is 0 Å². The zero-order chi connectivity index (χ0) is 12.9. The van der Waals surface area contributed by atoms with Gasteiger partial charge in [0.2, 0.25) is 0 Å². The van der Waals surface area contributed by atoms with E-state index in [4.69, 9.17) is 0 Å². The molecule has 3 heterocycles. The predicted molar refractivity (Wildman–Crippen MR) is 72.2 cm³/mol. The number of hydrogen-bond donors (Lipinski definition) is 2. The Kier molecular flexibility index (Phi) is 3.60. The number of hydrogen-bond acceptors (Lipinski definition) is 6. The minimum absolute atomic E-state index is 0.479. The van der Waals surface area contributed by atoms with E-state index in [0.717, 1.165) is 18.8 Å². The molecule has 6 nitrogen and oxygen atoms in total. The largest absolute Gasteiger partial charge is 0.322 e. The molecule has 98 valence electrons. The van der Waals surface area contributed by atoms with Gasteiger partial charge < -0.3 is 10.6 Å². The maximum Gasteiger partial charge on any atom is 0.150 e. The molecule has 0 saturated carbocycles. The molecule has 6 heteroatoms. The molecule has 2 N–H and O–H groups in total. The van der Waals surface area contributed by atoms with Crippen LogP contribution in [0.15, 0.2) is 31.0 Å². The third kappa shape index (κ3) is 3.03. The van der Waals surface area contributed by atoms with Crippen molar-refractivity contribution in [2.45, 2.75) is 18.8 Å². The highest BCUT2D eigenvalue weighted by Crippen LogP contribution is 2.21. The summed E-state index contributed by atoms with van der Waals surface area (Å²) in [7, 11) is 0. The zero-order valence-electron chi connectivity index (χ0n) is 10.6. The fraction of sp³-hybridized carbons (Fsp3) is 0.385. The van der Waals surface area contributed by atoms with E-state index >= 15 is 0 Å². The fourth-order valence-electron chi connectivity index (χ4n) is 2.21. The summed E-state index contributed by atoms with van der Waals surface area (Å²) in [5.41, 5.74) is 1.05. The van der Waals surface area contributed by atoms with Crippen molar-refractivity contribution < 1.29 is 0 Å². The van der Waals surface area contributed by atoms with Crippen molar-refractivity contribution in [2.75, 3.05) is 18.4 Å². The molecule has 2 aromatic rings. The van der Waals surface area contributed by atoms with Crippen molar-refractivity contribution in [1.29, 1.82) is 0 Å². The van der Waals surface area contributed by atoms with Crippen molar-refractivity contribution in [3.63, 3.8) is 0 Å². The van der Waals surface area contributed by atoms with Crippen LogP contribution >= 0.6 is 0 Å². The molecule has 0 aromatic carbocycles. The standard InChI is InChI=1S/C13H16N6/c1-2-10(6-14-3-1)11-7-18-13(9-17-11)19-12-8-15-4-5-16-12/h4-5,7-10,14H,1-3,6H2,(H,16,18,19)/t10-/m0/s1. The average molecular weight is 256 g/mol. The summed E-state index contributed by atoms with van der Waals surface area (Å²) >= 11 is 0. The normalized spacial score (nSPS) is 19.1. The Balaban J connectivity index is 1.68. The van der Waals surface area contributed by atoms with Crippen LogP contribution in [0.1, 0.15) is 24.5 Å². The number of rotatable bonds is 3. The van der Waals surface area contributed by atoms with Gasteiger partial charge in [0, 0.05) is 24.9 Å². The summed E-state index contributed by atoms with van der Waals surface area (Å²) in [6.07, 6.45) is 10.9. The first-order chi connectivity index (χ1) is 9.42. The molecule has 0 radical (unpaired) electrons. The number of nitrogens with zero attached hydrogens (tertiary/aromatic N) is 4. The van der Waals surface area contributed by atoms with Crippen molar-refractivity contribution in [3.8, 4) is 0 Å². The van der Waals surface area contributed by atoms with Crippen LogP contribution in [0.4, 0.5) is 11.6 Å². The van der Waals surface area contributed by atoms with Gasteiger partial charge in [0.25, 0.3) is 0 Å². The van der Waals surface area contributed by atoms with E-state index in [-0.39, 0.29) is 0 Å². The fourth-order valence-corrected chi connectivity index (χ4v) is 2.21. The molecule has 19 heavy (non-hydrogen) atoms. The van der Waals surface area contributed by atoms with E-state index in [1.807, 2.05) is 6.20 Å². The molecule has 1 atom stereocenters. The lowest BCUT2D eigenvalue weighted by Crippen LogP contribution is -2.28. The Morgan fingerprint density at radius 3 is 2.68 bits per heavy atom. The monoisotopic (exact) mass is 256 g/mol. The molecule has 0 spiro atoms. The van der Waals surface area contributed by atoms with Gasteiger partial charge in [0.1, 0.15) is 11.6 Å². The Morgan fingerprint density at radius 2 is 2.00 bits per heavy atom. The molecule has 0 aliphatic carbocycles. The van der Waals surface area contributed by atoms with Crippen LogP contribution in [0, 0.1) is 0 Å². The van der Waals surface area contributed by atoms with Gasteiger partial charge in [-0.25, -0.2) is 9.97 Å². The van der Waals surface area contributed by atoms with Crippen molar-refractivity contribution >= 4 is 11.6 Å². The Hall–Kier alpha value is -2.08. The van der Waals surface area contributed by atoms with Crippen molar-refractivity contribution in [3.05, 3.63) is 36.7 Å². The molecular weight excluding hydrogens is 240 g/mol. The molecule has 1 aliphatic rings. The van der Waals surface area contributed by atoms with Gasteiger partial charge in [-0.1, -0.05) is 0 Å². The summed E-state index contributed by atoms with van der Waals surface area (Å²) in [5.74, 6) is 1.84. The SMILES string of the molecule is c1cnc(Nc2cnc([C@H]3CCCNC3)cn2)cn1. The van der Waals surface area contributed by atoms with Crippen LogP contribution in [0.25, 0.3) is 0 Å². The minimum Gasteiger partial charge on any atom is -0.322 e. The Labute approximate surface area is 111 Å². The quantitative estimate of drug-likeness (QED) is 0.866. The topological polar surface area (TPSA) is 75.6 Å². The molecule has 1 saturated heterocycles. The van der Waals surface area contributed by atoms with Gasteiger partial charge in [0.05, 0.1) is 24.3 Å². The first-order valence-electron chi connectivity index (χ1n) is 6.47. The summed E-state index contributed by atoms with van der Waals surface area (Å²) < 4.78 is 0. The second-order valence-corrected chi connectivity index (χ2v) is 4.59. The van der Waals surface area contributed by atoms with Crippen LogP contribution in [0.3, 0.4) is 0 Å². The van der Waals surface area contributed by atoms with Gasteiger partial charge in [0.15, 0.2) is 0 Å². The van der Waals surface area contributed by atoms with Gasteiger partial charge >= 0.3 is 0 Å². The van der Waals surface area contributed by atoms with E-state index in [2.05, 4.69) is 30.6 Å². The third-order valence-corrected chi connectivity index (χ3v) is 3.21. The van der Waals surface area contributed by atoms with Crippen LogP contribution in [0.5, 0.6) is 0 Å². The Morgan fingerprint density at radius 1 is 1.05 bits per heavy atom. The minimum atomic E-state index is 0.479. The molecule has 0 unspecified atom stereocenters. The predicted octanol–water partition coefficient (Wildman–Crippen LogP) is 1.48. The number of piperidine rings is 1. The number of aromatic nitrogens is 4. The first kappa shape index (κ1) is 12.0. The maximum atomic E-state index is 4.49. The molecular formula is C13H16N6. The van der Waals surface area contributed by atoms with Gasteiger partial charge in [-0.2, -0.15) is 0 Å². The van der Waals surface area contributed by atoms with Crippen LogP contribution < -0.4 is 10.6 Å². The summed E-state index contributed by atoms with van der Waals surface area (Å²) in [6, 6.07) is 0. The highest BCUT2D eigenvalue weighted by Gasteiger charge is 2.16. The van der Waals surface area contributed by atoms with Gasteiger partial charge in [-0.05, 0) is 19.4 Å². The van der Waals surface area contributed by atoms with E-state index in [9.17, 15) is 0 Å². The zero-order valence-corrected chi connectivity index (χ0v) is 10.6. The average Bonchev–Trinajstić information content (AvgIpc) is 2.50. The molecule has 1 aliphatic heterocycles.